The van der Waals surface area contributed by atoms with Crippen LogP contribution in [0.15, 0.2) is 35.4 Å². The molecule has 2 aromatic rings. The molecule has 0 bridgehead atoms. The number of methoxy groups -OCH3 is 2. The van der Waals surface area contributed by atoms with E-state index in [4.69, 9.17) is 18.9 Å². The second-order valence-electron chi connectivity index (χ2n) is 5.04. The quantitative estimate of drug-likeness (QED) is 0.635. The zero-order valence-electron chi connectivity index (χ0n) is 13.6. The van der Waals surface area contributed by atoms with Crippen molar-refractivity contribution in [1.82, 2.24) is 5.43 Å². The van der Waals surface area contributed by atoms with E-state index in [2.05, 4.69) is 10.5 Å². The molecule has 8 nitrogen and oxygen atoms in total. The summed E-state index contributed by atoms with van der Waals surface area (Å²) in [5.74, 6) is 1.09. The summed E-state index contributed by atoms with van der Waals surface area (Å²) in [7, 11) is 2.85. The molecule has 0 fully saturated rings. The van der Waals surface area contributed by atoms with Gasteiger partial charge in [-0.1, -0.05) is 0 Å². The number of ether oxygens (including phenoxy) is 4. The van der Waals surface area contributed by atoms with Crippen LogP contribution < -0.4 is 24.4 Å². The van der Waals surface area contributed by atoms with Crippen molar-refractivity contribution < 1.29 is 28.8 Å². The number of hydrogen-bond donors (Lipinski definition) is 2. The standard InChI is InChI=1S/C17H16N2O6/c1-22-14-5-10(6-15(23-2)16(14)20)8-18-19-17(21)11-3-4-12-13(7-11)25-9-24-12/h3-8,20H,9H2,1-2H3,(H,19,21). The average Bonchev–Trinajstić information content (AvgIpc) is 3.10. The van der Waals surface area contributed by atoms with Gasteiger partial charge in [0.05, 0.1) is 20.4 Å². The molecule has 1 aliphatic rings. The van der Waals surface area contributed by atoms with Gasteiger partial charge in [0.2, 0.25) is 12.5 Å². The number of aromatic hydroxyl groups is 1. The van der Waals surface area contributed by atoms with Crippen molar-refractivity contribution in [1.29, 1.82) is 0 Å². The Balaban J connectivity index is 1.71. The largest absolute Gasteiger partial charge is 0.502 e. The maximum absolute atomic E-state index is 12.1. The third kappa shape index (κ3) is 3.42. The Labute approximate surface area is 143 Å². The second kappa shape index (κ2) is 7.00. The molecule has 1 aliphatic heterocycles. The van der Waals surface area contributed by atoms with Gasteiger partial charge in [-0.2, -0.15) is 5.10 Å². The minimum atomic E-state index is -0.396. The Hall–Kier alpha value is -3.42. The molecule has 8 heteroatoms. The first-order chi connectivity index (χ1) is 12.1. The van der Waals surface area contributed by atoms with E-state index in [1.165, 1.54) is 20.4 Å². The molecule has 2 aromatic carbocycles. The van der Waals surface area contributed by atoms with Crippen LogP contribution in [0.1, 0.15) is 15.9 Å². The Morgan fingerprint density at radius 3 is 2.52 bits per heavy atom. The van der Waals surface area contributed by atoms with Crippen LogP contribution in [0.25, 0.3) is 0 Å². The minimum absolute atomic E-state index is 0.105. The normalized spacial score (nSPS) is 12.2. The predicted octanol–water partition coefficient (Wildman–Crippen LogP) is 1.90. The lowest BCUT2D eigenvalue weighted by molar-refractivity contribution is 0.0954. The second-order valence-corrected chi connectivity index (χ2v) is 5.04. The summed E-state index contributed by atoms with van der Waals surface area (Å²) in [5.41, 5.74) is 3.39. The number of fused-ring (bicyclic) bond motifs is 1. The minimum Gasteiger partial charge on any atom is -0.502 e. The van der Waals surface area contributed by atoms with Gasteiger partial charge in [0.1, 0.15) is 0 Å². The number of amides is 1. The van der Waals surface area contributed by atoms with Gasteiger partial charge in [-0.05, 0) is 30.3 Å². The molecule has 2 N–H and O–H groups in total. The zero-order valence-corrected chi connectivity index (χ0v) is 13.6. The van der Waals surface area contributed by atoms with E-state index in [1.54, 1.807) is 30.3 Å². The lowest BCUT2D eigenvalue weighted by atomic mass is 10.2. The molecule has 0 unspecified atom stereocenters. The van der Waals surface area contributed by atoms with E-state index in [0.717, 1.165) is 0 Å². The van der Waals surface area contributed by atoms with Crippen molar-refractivity contribution in [2.24, 2.45) is 5.10 Å². The van der Waals surface area contributed by atoms with Crippen LogP contribution in [0.4, 0.5) is 0 Å². The van der Waals surface area contributed by atoms with Gasteiger partial charge in [-0.15, -0.1) is 0 Å². The van der Waals surface area contributed by atoms with E-state index in [9.17, 15) is 9.90 Å². The molecular formula is C17H16N2O6. The van der Waals surface area contributed by atoms with Crippen LogP contribution in [0.5, 0.6) is 28.7 Å². The fourth-order valence-corrected chi connectivity index (χ4v) is 2.26. The van der Waals surface area contributed by atoms with Crippen LogP contribution >= 0.6 is 0 Å². The van der Waals surface area contributed by atoms with Gasteiger partial charge < -0.3 is 24.1 Å². The van der Waals surface area contributed by atoms with Crippen molar-refractivity contribution >= 4 is 12.1 Å². The van der Waals surface area contributed by atoms with Crippen molar-refractivity contribution in [2.75, 3.05) is 21.0 Å². The van der Waals surface area contributed by atoms with Crippen LogP contribution in [-0.2, 0) is 0 Å². The fourth-order valence-electron chi connectivity index (χ4n) is 2.26. The number of rotatable bonds is 5. The SMILES string of the molecule is COc1cc(C=NNC(=O)c2ccc3c(c2)OCO3)cc(OC)c1O. The van der Waals surface area contributed by atoms with Crippen molar-refractivity contribution in [3.05, 3.63) is 41.5 Å². The summed E-state index contributed by atoms with van der Waals surface area (Å²) < 4.78 is 20.6. The number of phenols is 1. The molecule has 0 aromatic heterocycles. The van der Waals surface area contributed by atoms with E-state index < -0.39 is 5.91 Å². The summed E-state index contributed by atoms with van der Waals surface area (Å²) in [5, 5.41) is 13.8. The summed E-state index contributed by atoms with van der Waals surface area (Å²) in [6.45, 7) is 0.142. The highest BCUT2D eigenvalue weighted by molar-refractivity contribution is 5.95. The van der Waals surface area contributed by atoms with Gasteiger partial charge in [0.15, 0.2) is 23.0 Å². The molecule has 0 spiro atoms. The van der Waals surface area contributed by atoms with Crippen molar-refractivity contribution in [2.45, 2.75) is 0 Å². The van der Waals surface area contributed by atoms with Gasteiger partial charge in [-0.3, -0.25) is 4.79 Å². The number of carbonyl (C=O) groups is 1. The topological polar surface area (TPSA) is 98.6 Å². The first kappa shape index (κ1) is 16.4. The Morgan fingerprint density at radius 1 is 1.16 bits per heavy atom. The van der Waals surface area contributed by atoms with Crippen LogP contribution in [-0.4, -0.2) is 38.2 Å². The van der Waals surface area contributed by atoms with Crippen LogP contribution in [0.2, 0.25) is 0 Å². The van der Waals surface area contributed by atoms with Crippen molar-refractivity contribution in [3.8, 4) is 28.7 Å². The highest BCUT2D eigenvalue weighted by Gasteiger charge is 2.16. The van der Waals surface area contributed by atoms with Crippen molar-refractivity contribution in [3.63, 3.8) is 0 Å². The van der Waals surface area contributed by atoms with E-state index >= 15 is 0 Å². The van der Waals surface area contributed by atoms with E-state index in [0.29, 0.717) is 22.6 Å². The monoisotopic (exact) mass is 344 g/mol. The maximum Gasteiger partial charge on any atom is 0.271 e. The number of benzene rings is 2. The van der Waals surface area contributed by atoms with Crippen LogP contribution in [0.3, 0.4) is 0 Å². The van der Waals surface area contributed by atoms with Gasteiger partial charge >= 0.3 is 0 Å². The lowest BCUT2D eigenvalue weighted by Gasteiger charge is -2.09. The predicted molar refractivity (Wildman–Crippen MR) is 88.8 cm³/mol. The summed E-state index contributed by atoms with van der Waals surface area (Å²) in [6, 6.07) is 7.99. The molecule has 130 valence electrons. The first-order valence-electron chi connectivity index (χ1n) is 7.30. The number of phenolic OH excluding ortho intramolecular Hbond substituents is 1. The first-order valence-corrected chi connectivity index (χ1v) is 7.30. The smallest absolute Gasteiger partial charge is 0.271 e. The summed E-state index contributed by atoms with van der Waals surface area (Å²) in [6.07, 6.45) is 1.41. The third-order valence-corrected chi connectivity index (χ3v) is 3.52. The Bertz CT molecular complexity index is 809. The number of nitrogens with zero attached hydrogens (tertiary/aromatic N) is 1. The van der Waals surface area contributed by atoms with Gasteiger partial charge in [-0.25, -0.2) is 5.43 Å². The molecule has 0 radical (unpaired) electrons. The summed E-state index contributed by atoms with van der Waals surface area (Å²) in [4.78, 5) is 12.1. The maximum atomic E-state index is 12.1. The third-order valence-electron chi connectivity index (χ3n) is 3.52. The molecule has 1 amide bonds. The van der Waals surface area contributed by atoms with E-state index in [1.807, 2.05) is 0 Å². The lowest BCUT2D eigenvalue weighted by Crippen LogP contribution is -2.17. The Morgan fingerprint density at radius 2 is 1.84 bits per heavy atom. The molecule has 3 rings (SSSR count). The molecule has 0 aliphatic carbocycles. The molecular weight excluding hydrogens is 328 g/mol. The number of hydrazone groups is 1. The highest BCUT2D eigenvalue weighted by atomic mass is 16.7. The Kier molecular flexibility index (Phi) is 4.60. The molecule has 25 heavy (non-hydrogen) atoms. The van der Waals surface area contributed by atoms with Gasteiger partial charge in [0.25, 0.3) is 5.91 Å². The molecule has 0 atom stereocenters. The van der Waals surface area contributed by atoms with Gasteiger partial charge in [0, 0.05) is 11.1 Å². The molecule has 0 saturated carbocycles. The molecule has 0 saturated heterocycles. The average molecular weight is 344 g/mol. The zero-order chi connectivity index (χ0) is 17.8. The highest BCUT2D eigenvalue weighted by Crippen LogP contribution is 2.36. The molecule has 1 heterocycles. The number of carbonyl (C=O) groups excluding carboxylic acids is 1. The number of nitrogens with one attached hydrogen (secondary N) is 1. The number of hydrogen-bond acceptors (Lipinski definition) is 7. The summed E-state index contributed by atoms with van der Waals surface area (Å²) >= 11 is 0. The van der Waals surface area contributed by atoms with E-state index in [-0.39, 0.29) is 24.0 Å². The fraction of sp³-hybridized carbons (Fsp3) is 0.176. The van der Waals surface area contributed by atoms with Crippen LogP contribution in [0, 0.1) is 0 Å².